The van der Waals surface area contributed by atoms with Crippen LogP contribution in [0.4, 0.5) is 0 Å². The van der Waals surface area contributed by atoms with Gasteiger partial charge in [-0.15, -0.1) is 22.7 Å². The summed E-state index contributed by atoms with van der Waals surface area (Å²) in [4.78, 5) is 24.8. The van der Waals surface area contributed by atoms with E-state index in [4.69, 9.17) is 4.98 Å². The zero-order valence-corrected chi connectivity index (χ0v) is 19.8. The maximum Gasteiger partial charge on any atom is 0.208 e. The lowest BCUT2D eigenvalue weighted by molar-refractivity contribution is 0.102. The third-order valence-corrected chi connectivity index (χ3v) is 8.09. The van der Waals surface area contributed by atoms with Gasteiger partial charge < -0.3 is 0 Å². The molecule has 4 rings (SSSR count). The van der Waals surface area contributed by atoms with Crippen LogP contribution in [0.25, 0.3) is 21.6 Å². The number of ketones is 1. The Morgan fingerprint density at radius 1 is 1.10 bits per heavy atom. The molecule has 0 radical (unpaired) electrons. The van der Waals surface area contributed by atoms with Crippen LogP contribution in [-0.4, -0.2) is 42.7 Å². The quantitative estimate of drug-likeness (QED) is 0.212. The van der Waals surface area contributed by atoms with Gasteiger partial charge in [-0.05, 0) is 36.1 Å². The Balaban J connectivity index is 1.47. The number of thiophene rings is 2. The number of rotatable bonds is 9. The second kappa shape index (κ2) is 9.58. The molecule has 1 N–H and O–H groups in total. The summed E-state index contributed by atoms with van der Waals surface area (Å²) >= 11 is 4.40. The van der Waals surface area contributed by atoms with E-state index >= 15 is 0 Å². The highest BCUT2D eigenvalue weighted by Crippen LogP contribution is 2.31. The molecular weight excluding hydrogens is 471 g/mol. The number of nitrogens with one attached hydrogen (secondary N) is 1. The maximum absolute atomic E-state index is 12.8. The van der Waals surface area contributed by atoms with Gasteiger partial charge in [0, 0.05) is 16.8 Å². The Morgan fingerprint density at radius 3 is 2.71 bits per heavy atom. The van der Waals surface area contributed by atoms with Crippen molar-refractivity contribution >= 4 is 61.1 Å². The average Bonchev–Trinajstić information content (AvgIpc) is 3.43. The van der Waals surface area contributed by atoms with Crippen LogP contribution < -0.4 is 4.72 Å². The molecule has 0 aliphatic heterocycles. The third kappa shape index (κ3) is 5.78. The lowest BCUT2D eigenvalue weighted by Gasteiger charge is -2.07. The zero-order valence-electron chi connectivity index (χ0n) is 16.6. The lowest BCUT2D eigenvalue weighted by atomic mass is 10.2. The molecule has 0 fully saturated rings. The monoisotopic (exact) mass is 489 g/mol. The van der Waals surface area contributed by atoms with E-state index in [1.165, 1.54) is 23.1 Å². The predicted molar refractivity (Wildman–Crippen MR) is 129 cm³/mol. The van der Waals surface area contributed by atoms with E-state index < -0.39 is 10.0 Å². The predicted octanol–water partition coefficient (Wildman–Crippen LogP) is 4.49. The number of para-hydroxylation sites is 1. The van der Waals surface area contributed by atoms with Crippen LogP contribution in [0, 0.1) is 0 Å². The summed E-state index contributed by atoms with van der Waals surface area (Å²) in [5.74, 6) is 0.963. The van der Waals surface area contributed by atoms with E-state index in [0.717, 1.165) is 31.9 Å². The van der Waals surface area contributed by atoms with Crippen LogP contribution in [0.2, 0.25) is 0 Å². The van der Waals surface area contributed by atoms with Gasteiger partial charge in [0.05, 0.1) is 27.3 Å². The van der Waals surface area contributed by atoms with Gasteiger partial charge in [0.1, 0.15) is 5.03 Å². The van der Waals surface area contributed by atoms with Gasteiger partial charge >= 0.3 is 0 Å². The number of hydrogen-bond acceptors (Lipinski definition) is 8. The summed E-state index contributed by atoms with van der Waals surface area (Å²) in [5, 5.41) is 3.71. The number of nitrogens with zero attached hydrogens (tertiary/aromatic N) is 2. The minimum Gasteiger partial charge on any atom is -0.292 e. The van der Waals surface area contributed by atoms with Crippen molar-refractivity contribution in [1.29, 1.82) is 0 Å². The molecule has 3 heterocycles. The van der Waals surface area contributed by atoms with Gasteiger partial charge in [-0.2, -0.15) is 0 Å². The highest BCUT2D eigenvalue weighted by Gasteiger charge is 2.15. The third-order valence-electron chi connectivity index (χ3n) is 4.32. The van der Waals surface area contributed by atoms with Gasteiger partial charge in [0.15, 0.2) is 11.6 Å². The fraction of sp³-hybridized carbons (Fsp3) is 0.190. The van der Waals surface area contributed by atoms with Crippen molar-refractivity contribution in [2.24, 2.45) is 0 Å². The van der Waals surface area contributed by atoms with Crippen LogP contribution in [0.3, 0.4) is 0 Å². The van der Waals surface area contributed by atoms with E-state index in [0.29, 0.717) is 23.7 Å². The SMILES string of the molecule is CS(=O)(=O)NCCc1ccc(C(=O)CSc2nc(-c3cccs3)nc3ccccc23)s1. The van der Waals surface area contributed by atoms with Gasteiger partial charge in [0.25, 0.3) is 0 Å². The molecule has 160 valence electrons. The first-order chi connectivity index (χ1) is 14.9. The molecule has 0 spiro atoms. The van der Waals surface area contributed by atoms with E-state index in [-0.39, 0.29) is 11.5 Å². The molecule has 0 bridgehead atoms. The van der Waals surface area contributed by atoms with Crippen molar-refractivity contribution in [3.8, 4) is 10.7 Å². The van der Waals surface area contributed by atoms with Crippen molar-refractivity contribution < 1.29 is 13.2 Å². The van der Waals surface area contributed by atoms with Crippen molar-refractivity contribution in [2.75, 3.05) is 18.6 Å². The standard InChI is InChI=1S/C21H19N3O3S4/c1-31(26,27)22-11-10-14-8-9-18(30-14)17(25)13-29-21-15-5-2-3-6-16(15)23-20(24-21)19-7-4-12-28-19/h2-9,12,22H,10-11,13H2,1H3. The largest absolute Gasteiger partial charge is 0.292 e. The topological polar surface area (TPSA) is 89.0 Å². The number of carbonyl (C=O) groups excluding carboxylic acids is 1. The molecule has 3 aromatic heterocycles. The Hall–Kier alpha value is -2.11. The summed E-state index contributed by atoms with van der Waals surface area (Å²) < 4.78 is 24.8. The Kier molecular flexibility index (Phi) is 6.83. The van der Waals surface area contributed by atoms with Gasteiger partial charge in [-0.1, -0.05) is 36.0 Å². The number of fused-ring (bicyclic) bond motifs is 1. The summed E-state index contributed by atoms with van der Waals surface area (Å²) in [5.41, 5.74) is 0.854. The fourth-order valence-corrected chi connectivity index (χ4v) is 5.97. The maximum atomic E-state index is 12.8. The van der Waals surface area contributed by atoms with Crippen LogP contribution in [-0.2, 0) is 16.4 Å². The van der Waals surface area contributed by atoms with Crippen LogP contribution in [0.15, 0.2) is 58.9 Å². The first-order valence-electron chi connectivity index (χ1n) is 9.39. The minimum absolute atomic E-state index is 0.0256. The van der Waals surface area contributed by atoms with E-state index in [1.54, 1.807) is 17.4 Å². The van der Waals surface area contributed by atoms with Crippen molar-refractivity contribution in [3.63, 3.8) is 0 Å². The summed E-state index contributed by atoms with van der Waals surface area (Å²) in [6.45, 7) is 0.320. The van der Waals surface area contributed by atoms with Gasteiger partial charge in [0.2, 0.25) is 10.0 Å². The minimum atomic E-state index is -3.21. The van der Waals surface area contributed by atoms with Crippen molar-refractivity contribution in [1.82, 2.24) is 14.7 Å². The molecule has 0 atom stereocenters. The molecule has 31 heavy (non-hydrogen) atoms. The molecule has 0 unspecified atom stereocenters. The van der Waals surface area contributed by atoms with E-state index in [1.807, 2.05) is 47.8 Å². The number of benzene rings is 1. The lowest BCUT2D eigenvalue weighted by Crippen LogP contribution is -2.23. The molecular formula is C21H19N3O3S4. The highest BCUT2D eigenvalue weighted by molar-refractivity contribution is 8.00. The number of sulfonamides is 1. The van der Waals surface area contributed by atoms with Crippen LogP contribution >= 0.6 is 34.4 Å². The average molecular weight is 490 g/mol. The summed E-state index contributed by atoms with van der Waals surface area (Å²) in [6, 6.07) is 15.4. The van der Waals surface area contributed by atoms with Crippen molar-refractivity contribution in [2.45, 2.75) is 11.4 Å². The second-order valence-electron chi connectivity index (χ2n) is 6.74. The first-order valence-corrected chi connectivity index (χ1v) is 14.0. The number of aromatic nitrogens is 2. The molecule has 0 saturated heterocycles. The van der Waals surface area contributed by atoms with Crippen LogP contribution in [0.1, 0.15) is 14.5 Å². The molecule has 0 aliphatic carbocycles. The molecule has 0 amide bonds. The Morgan fingerprint density at radius 2 is 1.94 bits per heavy atom. The molecule has 1 aromatic carbocycles. The molecule has 6 nitrogen and oxygen atoms in total. The summed E-state index contributed by atoms with van der Waals surface area (Å²) in [6.07, 6.45) is 1.69. The van der Waals surface area contributed by atoms with Crippen molar-refractivity contribution in [3.05, 3.63) is 63.7 Å². The van der Waals surface area contributed by atoms with Crippen LogP contribution in [0.5, 0.6) is 0 Å². The number of carbonyl (C=O) groups is 1. The van der Waals surface area contributed by atoms with Gasteiger partial charge in [-0.3, -0.25) is 4.79 Å². The number of thioether (sulfide) groups is 1. The normalized spacial score (nSPS) is 11.8. The highest BCUT2D eigenvalue weighted by atomic mass is 32.2. The Bertz CT molecular complexity index is 1310. The second-order valence-corrected chi connectivity index (χ2v) is 11.7. The Labute approximate surface area is 192 Å². The van der Waals surface area contributed by atoms with E-state index in [2.05, 4.69) is 9.71 Å². The van der Waals surface area contributed by atoms with Gasteiger partial charge in [-0.25, -0.2) is 23.1 Å². The van der Waals surface area contributed by atoms with E-state index in [9.17, 15) is 13.2 Å². The molecule has 4 aromatic rings. The zero-order chi connectivity index (χ0) is 21.8. The fourth-order valence-electron chi connectivity index (χ4n) is 2.90. The summed E-state index contributed by atoms with van der Waals surface area (Å²) in [7, 11) is -3.21. The molecule has 0 aliphatic rings. The number of hydrogen-bond donors (Lipinski definition) is 1. The molecule has 0 saturated carbocycles. The first kappa shape index (κ1) is 22.1. The smallest absolute Gasteiger partial charge is 0.208 e. The molecule has 10 heteroatoms. The number of Topliss-reactive ketones (excluding diaryl/α,β-unsaturated/α-hetero) is 1.